The van der Waals surface area contributed by atoms with Crippen LogP contribution in [0.15, 0.2) is 18.2 Å². The predicted molar refractivity (Wildman–Crippen MR) is 71.1 cm³/mol. The van der Waals surface area contributed by atoms with Crippen LogP contribution in [0.4, 0.5) is 5.69 Å². The van der Waals surface area contributed by atoms with Crippen molar-refractivity contribution < 1.29 is 14.8 Å². The molecule has 0 fully saturated rings. The zero-order chi connectivity index (χ0) is 14.4. The molecule has 1 rings (SSSR count). The average molecular weight is 266 g/mol. The fourth-order valence-corrected chi connectivity index (χ4v) is 1.66. The number of aliphatic hydroxyl groups excluding tert-OH is 1. The van der Waals surface area contributed by atoms with E-state index < -0.39 is 11.0 Å². The molecule has 0 saturated carbocycles. The maximum Gasteiger partial charge on any atom is 0.270 e. The number of non-ortho nitro benzene ring substituents is 1. The van der Waals surface area contributed by atoms with Crippen LogP contribution in [0.2, 0.25) is 0 Å². The zero-order valence-electron chi connectivity index (χ0n) is 11.0. The van der Waals surface area contributed by atoms with Crippen molar-refractivity contribution in [1.29, 1.82) is 0 Å². The smallest absolute Gasteiger partial charge is 0.270 e. The minimum atomic E-state index is -0.524. The summed E-state index contributed by atoms with van der Waals surface area (Å²) in [6.07, 6.45) is 0.877. The van der Waals surface area contributed by atoms with Crippen molar-refractivity contribution in [3.05, 3.63) is 39.4 Å². The highest BCUT2D eigenvalue weighted by Crippen LogP contribution is 2.17. The van der Waals surface area contributed by atoms with E-state index in [4.69, 9.17) is 5.11 Å². The van der Waals surface area contributed by atoms with Gasteiger partial charge in [0, 0.05) is 24.2 Å². The van der Waals surface area contributed by atoms with Gasteiger partial charge in [0.25, 0.3) is 11.6 Å². The summed E-state index contributed by atoms with van der Waals surface area (Å²) in [5.74, 6) is -0.327. The van der Waals surface area contributed by atoms with E-state index in [-0.39, 0.29) is 11.6 Å². The minimum Gasteiger partial charge on any atom is -0.393 e. The Balaban J connectivity index is 2.66. The summed E-state index contributed by atoms with van der Waals surface area (Å²) < 4.78 is 0. The number of nitro benzene ring substituents is 1. The van der Waals surface area contributed by atoms with E-state index in [1.807, 2.05) is 0 Å². The van der Waals surface area contributed by atoms with Crippen molar-refractivity contribution in [2.24, 2.45) is 0 Å². The molecule has 0 spiro atoms. The molecule has 0 saturated heterocycles. The largest absolute Gasteiger partial charge is 0.393 e. The molecule has 0 aliphatic rings. The SMILES string of the molecule is Cc1ccc([N+](=O)[O-])cc1C(=O)NCCCC(C)O. The molecule has 0 aliphatic carbocycles. The lowest BCUT2D eigenvalue weighted by Gasteiger charge is -2.08. The summed E-state index contributed by atoms with van der Waals surface area (Å²) in [7, 11) is 0. The van der Waals surface area contributed by atoms with Crippen LogP contribution in [0.3, 0.4) is 0 Å². The number of nitro groups is 1. The molecule has 104 valence electrons. The van der Waals surface area contributed by atoms with Gasteiger partial charge in [-0.3, -0.25) is 14.9 Å². The van der Waals surface area contributed by atoms with Crippen LogP contribution in [0, 0.1) is 17.0 Å². The Kier molecular flexibility index (Phi) is 5.44. The number of nitrogens with one attached hydrogen (secondary N) is 1. The molecule has 0 aromatic heterocycles. The van der Waals surface area contributed by atoms with Gasteiger partial charge in [-0.05, 0) is 32.3 Å². The Morgan fingerprint density at radius 2 is 2.21 bits per heavy atom. The first-order valence-electron chi connectivity index (χ1n) is 6.13. The molecule has 0 heterocycles. The van der Waals surface area contributed by atoms with Crippen LogP contribution in [-0.4, -0.2) is 28.6 Å². The number of aliphatic hydroxyl groups is 1. The Hall–Kier alpha value is -1.95. The molecule has 1 aromatic carbocycles. The molecule has 0 bridgehead atoms. The third-order valence-corrected chi connectivity index (χ3v) is 2.76. The van der Waals surface area contributed by atoms with E-state index >= 15 is 0 Å². The molecular formula is C13H18N2O4. The number of hydrogen-bond acceptors (Lipinski definition) is 4. The van der Waals surface area contributed by atoms with Crippen molar-refractivity contribution >= 4 is 11.6 Å². The van der Waals surface area contributed by atoms with Crippen molar-refractivity contribution in [3.63, 3.8) is 0 Å². The first kappa shape index (κ1) is 15.1. The summed E-state index contributed by atoms with van der Waals surface area (Å²) >= 11 is 0. The second kappa shape index (κ2) is 6.84. The number of carbonyl (C=O) groups is 1. The van der Waals surface area contributed by atoms with Gasteiger partial charge in [-0.2, -0.15) is 0 Å². The molecule has 6 nitrogen and oxygen atoms in total. The molecule has 1 unspecified atom stereocenters. The Morgan fingerprint density at radius 3 is 2.79 bits per heavy atom. The van der Waals surface area contributed by atoms with Gasteiger partial charge in [0.15, 0.2) is 0 Å². The molecule has 1 amide bonds. The van der Waals surface area contributed by atoms with Gasteiger partial charge in [-0.15, -0.1) is 0 Å². The Bertz CT molecular complexity index is 472. The number of nitrogens with zero attached hydrogens (tertiary/aromatic N) is 1. The summed E-state index contributed by atoms with van der Waals surface area (Å²) in [5, 5.41) is 22.4. The van der Waals surface area contributed by atoms with Gasteiger partial charge in [-0.25, -0.2) is 0 Å². The van der Waals surface area contributed by atoms with Crippen LogP contribution >= 0.6 is 0 Å². The van der Waals surface area contributed by atoms with Crippen LogP contribution in [0.5, 0.6) is 0 Å². The molecule has 0 aliphatic heterocycles. The number of hydrogen-bond donors (Lipinski definition) is 2. The molecule has 1 aromatic rings. The molecular weight excluding hydrogens is 248 g/mol. The average Bonchev–Trinajstić information content (AvgIpc) is 2.34. The second-order valence-corrected chi connectivity index (χ2v) is 4.50. The fraction of sp³-hybridized carbons (Fsp3) is 0.462. The van der Waals surface area contributed by atoms with E-state index in [9.17, 15) is 14.9 Å². The molecule has 1 atom stereocenters. The van der Waals surface area contributed by atoms with Crippen molar-refractivity contribution in [1.82, 2.24) is 5.32 Å². The van der Waals surface area contributed by atoms with Gasteiger partial charge in [0.2, 0.25) is 0 Å². The molecule has 19 heavy (non-hydrogen) atoms. The van der Waals surface area contributed by atoms with E-state index in [1.165, 1.54) is 12.1 Å². The van der Waals surface area contributed by atoms with Gasteiger partial charge in [-0.1, -0.05) is 6.07 Å². The number of carbonyl (C=O) groups excluding carboxylic acids is 1. The normalized spacial score (nSPS) is 11.9. The van der Waals surface area contributed by atoms with Crippen LogP contribution in [-0.2, 0) is 0 Å². The zero-order valence-corrected chi connectivity index (χ0v) is 11.0. The summed E-state index contributed by atoms with van der Waals surface area (Å²) in [4.78, 5) is 22.0. The summed E-state index contributed by atoms with van der Waals surface area (Å²) in [6, 6.07) is 4.21. The van der Waals surface area contributed by atoms with Crippen molar-refractivity contribution in [2.75, 3.05) is 6.54 Å². The highest BCUT2D eigenvalue weighted by atomic mass is 16.6. The first-order chi connectivity index (χ1) is 8.91. The van der Waals surface area contributed by atoms with Crippen LogP contribution in [0.25, 0.3) is 0 Å². The Labute approximate surface area is 111 Å². The highest BCUT2D eigenvalue weighted by molar-refractivity contribution is 5.96. The lowest BCUT2D eigenvalue weighted by molar-refractivity contribution is -0.384. The van der Waals surface area contributed by atoms with E-state index in [0.29, 0.717) is 30.5 Å². The quantitative estimate of drug-likeness (QED) is 0.466. The number of aryl methyl sites for hydroxylation is 1. The molecule has 2 N–H and O–H groups in total. The third kappa shape index (κ3) is 4.67. The van der Waals surface area contributed by atoms with Gasteiger partial charge in [0.1, 0.15) is 0 Å². The summed E-state index contributed by atoms with van der Waals surface area (Å²) in [5.41, 5.74) is 0.907. The monoisotopic (exact) mass is 266 g/mol. The number of rotatable bonds is 6. The molecule has 0 radical (unpaired) electrons. The Morgan fingerprint density at radius 1 is 1.53 bits per heavy atom. The van der Waals surface area contributed by atoms with E-state index in [2.05, 4.69) is 5.32 Å². The maximum atomic E-state index is 11.9. The van der Waals surface area contributed by atoms with Gasteiger partial charge >= 0.3 is 0 Å². The molecule has 6 heteroatoms. The number of benzene rings is 1. The van der Waals surface area contributed by atoms with Gasteiger partial charge in [0.05, 0.1) is 11.0 Å². The van der Waals surface area contributed by atoms with Crippen LogP contribution in [0.1, 0.15) is 35.7 Å². The maximum absolute atomic E-state index is 11.9. The first-order valence-corrected chi connectivity index (χ1v) is 6.13. The minimum absolute atomic E-state index is 0.0975. The highest BCUT2D eigenvalue weighted by Gasteiger charge is 2.14. The van der Waals surface area contributed by atoms with Gasteiger partial charge < -0.3 is 10.4 Å². The van der Waals surface area contributed by atoms with E-state index in [1.54, 1.807) is 19.9 Å². The number of amides is 1. The predicted octanol–water partition coefficient (Wildman–Crippen LogP) is 1.79. The topological polar surface area (TPSA) is 92.5 Å². The van der Waals surface area contributed by atoms with E-state index in [0.717, 1.165) is 0 Å². The lowest BCUT2D eigenvalue weighted by atomic mass is 10.1. The van der Waals surface area contributed by atoms with Crippen LogP contribution < -0.4 is 5.32 Å². The lowest BCUT2D eigenvalue weighted by Crippen LogP contribution is -2.25. The second-order valence-electron chi connectivity index (χ2n) is 4.50. The summed E-state index contributed by atoms with van der Waals surface area (Å²) in [6.45, 7) is 3.85. The standard InChI is InChI=1S/C13H18N2O4/c1-9-5-6-11(15(18)19)8-12(9)13(17)14-7-3-4-10(2)16/h5-6,8,10,16H,3-4,7H2,1-2H3,(H,14,17). The third-order valence-electron chi connectivity index (χ3n) is 2.76. The van der Waals surface area contributed by atoms with Crippen molar-refractivity contribution in [3.8, 4) is 0 Å². The van der Waals surface area contributed by atoms with Crippen molar-refractivity contribution in [2.45, 2.75) is 32.8 Å². The fourth-order valence-electron chi connectivity index (χ4n) is 1.66.